The number of carbonyl (C=O) groups is 1. The first-order valence-electron chi connectivity index (χ1n) is 10.3. The number of methoxy groups -OCH3 is 1. The largest absolute Gasteiger partial charge is 0.493 e. The Morgan fingerprint density at radius 2 is 2.03 bits per heavy atom. The average Bonchev–Trinajstić information content (AvgIpc) is 3.03. The minimum absolute atomic E-state index is 0.0477. The normalized spacial score (nSPS) is 17.7. The number of anilines is 1. The van der Waals surface area contributed by atoms with Crippen molar-refractivity contribution in [3.63, 3.8) is 0 Å². The molecule has 164 valence electrons. The van der Waals surface area contributed by atoms with Crippen LogP contribution >= 0.6 is 11.8 Å². The molecular weight excluding hydrogens is 422 g/mol. The highest BCUT2D eigenvalue weighted by Gasteiger charge is 2.34. The van der Waals surface area contributed by atoms with E-state index in [0.29, 0.717) is 17.3 Å². The fourth-order valence-electron chi connectivity index (χ4n) is 3.80. The van der Waals surface area contributed by atoms with E-state index < -0.39 is 0 Å². The van der Waals surface area contributed by atoms with Crippen molar-refractivity contribution in [2.75, 3.05) is 19.0 Å². The Bertz CT molecular complexity index is 1210. The number of amides is 1. The molecule has 32 heavy (non-hydrogen) atoms. The maximum absolute atomic E-state index is 12.9. The predicted molar refractivity (Wildman–Crippen MR) is 128 cm³/mol. The molecule has 0 spiro atoms. The number of rotatable bonds is 5. The zero-order valence-corrected chi connectivity index (χ0v) is 19.3. The van der Waals surface area contributed by atoms with Gasteiger partial charge in [0.25, 0.3) is 0 Å². The van der Waals surface area contributed by atoms with E-state index in [1.165, 1.54) is 0 Å². The van der Waals surface area contributed by atoms with Gasteiger partial charge in [0.15, 0.2) is 11.5 Å². The van der Waals surface area contributed by atoms with E-state index in [-0.39, 0.29) is 23.0 Å². The van der Waals surface area contributed by atoms with E-state index in [2.05, 4.69) is 17.3 Å². The first kappa shape index (κ1) is 21.8. The second kappa shape index (κ2) is 9.01. The van der Waals surface area contributed by atoms with Gasteiger partial charge in [0, 0.05) is 5.56 Å². The number of aryl methyl sites for hydroxylation is 2. The van der Waals surface area contributed by atoms with Gasteiger partial charge in [-0.2, -0.15) is 5.10 Å². The van der Waals surface area contributed by atoms with Gasteiger partial charge in [-0.05, 0) is 56.2 Å². The minimum atomic E-state index is -0.249. The lowest BCUT2D eigenvalue weighted by atomic mass is 10.0. The molecule has 1 amide bonds. The smallest absolute Gasteiger partial charge is 0.238 e. The average molecular weight is 448 g/mol. The first-order chi connectivity index (χ1) is 15.4. The van der Waals surface area contributed by atoms with Crippen molar-refractivity contribution in [3.05, 3.63) is 64.8 Å². The molecule has 3 aromatic rings. The van der Waals surface area contributed by atoms with Crippen molar-refractivity contribution < 1.29 is 14.3 Å². The number of nitrogens with one attached hydrogen (secondary N) is 1. The Morgan fingerprint density at radius 3 is 2.75 bits per heavy atom. The van der Waals surface area contributed by atoms with Crippen molar-refractivity contribution in [2.45, 2.75) is 31.3 Å². The molecular formula is C25H25N3O3S. The number of benzene rings is 2. The van der Waals surface area contributed by atoms with Crippen molar-refractivity contribution >= 4 is 23.5 Å². The molecule has 1 aliphatic rings. The van der Waals surface area contributed by atoms with Crippen molar-refractivity contribution in [3.8, 4) is 29.5 Å². The summed E-state index contributed by atoms with van der Waals surface area (Å²) in [6.07, 6.45) is 5.32. The molecule has 4 rings (SSSR count). The summed E-state index contributed by atoms with van der Waals surface area (Å²) in [7, 11) is 1.60. The van der Waals surface area contributed by atoms with Crippen LogP contribution in [0.5, 0.6) is 11.5 Å². The molecule has 7 heteroatoms. The lowest BCUT2D eigenvalue weighted by Gasteiger charge is -2.19. The van der Waals surface area contributed by atoms with Crippen LogP contribution in [0, 0.1) is 26.2 Å². The minimum Gasteiger partial charge on any atom is -0.493 e. The molecule has 2 heterocycles. The lowest BCUT2D eigenvalue weighted by molar-refractivity contribution is -0.115. The summed E-state index contributed by atoms with van der Waals surface area (Å²) in [5, 5.41) is 7.53. The van der Waals surface area contributed by atoms with E-state index in [1.54, 1.807) is 18.9 Å². The van der Waals surface area contributed by atoms with Gasteiger partial charge >= 0.3 is 0 Å². The van der Waals surface area contributed by atoms with Gasteiger partial charge in [-0.25, -0.2) is 4.68 Å². The quantitative estimate of drug-likeness (QED) is 0.576. The summed E-state index contributed by atoms with van der Waals surface area (Å²) < 4.78 is 13.0. The Labute approximate surface area is 192 Å². The van der Waals surface area contributed by atoms with Crippen molar-refractivity contribution in [1.29, 1.82) is 0 Å². The molecule has 1 aromatic heterocycles. The van der Waals surface area contributed by atoms with Gasteiger partial charge in [-0.3, -0.25) is 4.79 Å². The van der Waals surface area contributed by atoms with Crippen LogP contribution in [0.1, 0.15) is 34.6 Å². The highest BCUT2D eigenvalue weighted by Crippen LogP contribution is 2.47. The second-order valence-corrected chi connectivity index (χ2v) is 9.10. The van der Waals surface area contributed by atoms with Gasteiger partial charge < -0.3 is 14.8 Å². The molecule has 6 nitrogen and oxygen atoms in total. The van der Waals surface area contributed by atoms with E-state index in [4.69, 9.17) is 21.0 Å². The van der Waals surface area contributed by atoms with Crippen LogP contribution in [0.25, 0.3) is 5.69 Å². The first-order valence-corrected chi connectivity index (χ1v) is 11.2. The standard InChI is InChI=1S/C25H25N3O3S/c1-6-12-31-20-11-10-18(14-21(20)30-5)23-22-16(3)27-28(19-9-7-8-15(2)13-19)24(22)26-25(29)17(4)32-23/h1,7-11,13-14,17,23H,12H2,2-5H3,(H,26,29)/t17-,23-/m1/s1. The molecule has 0 bridgehead atoms. The van der Waals surface area contributed by atoms with Crippen LogP contribution in [0.4, 0.5) is 5.82 Å². The van der Waals surface area contributed by atoms with Crippen LogP contribution in [0.2, 0.25) is 0 Å². The van der Waals surface area contributed by atoms with Gasteiger partial charge in [0.1, 0.15) is 12.4 Å². The summed E-state index contributed by atoms with van der Waals surface area (Å²) in [6.45, 7) is 6.09. The summed E-state index contributed by atoms with van der Waals surface area (Å²) in [5.74, 6) is 4.30. The SMILES string of the molecule is C#CCOc1ccc([C@H]2S[C@H](C)C(=O)Nc3c2c(C)nn3-c2cccc(C)c2)cc1OC. The third-order valence-electron chi connectivity index (χ3n) is 5.37. The number of ether oxygens (including phenoxy) is 2. The molecule has 2 atom stereocenters. The molecule has 0 radical (unpaired) electrons. The Kier molecular flexibility index (Phi) is 6.15. The van der Waals surface area contributed by atoms with Gasteiger partial charge in [0.2, 0.25) is 5.91 Å². The molecule has 0 fully saturated rings. The van der Waals surface area contributed by atoms with E-state index in [1.807, 2.05) is 61.9 Å². The topological polar surface area (TPSA) is 65.4 Å². The Hall–Kier alpha value is -3.37. The maximum Gasteiger partial charge on any atom is 0.238 e. The van der Waals surface area contributed by atoms with E-state index >= 15 is 0 Å². The number of aromatic nitrogens is 2. The Balaban J connectivity index is 1.85. The Morgan fingerprint density at radius 1 is 1.22 bits per heavy atom. The van der Waals surface area contributed by atoms with Crippen LogP contribution in [0.3, 0.4) is 0 Å². The van der Waals surface area contributed by atoms with Gasteiger partial charge in [-0.1, -0.05) is 24.1 Å². The molecule has 0 saturated carbocycles. The van der Waals surface area contributed by atoms with Gasteiger partial charge in [-0.15, -0.1) is 18.2 Å². The lowest BCUT2D eigenvalue weighted by Crippen LogP contribution is -2.22. The third-order valence-corrected chi connectivity index (χ3v) is 6.77. The van der Waals surface area contributed by atoms with Crippen molar-refractivity contribution in [1.82, 2.24) is 9.78 Å². The van der Waals surface area contributed by atoms with Crippen molar-refractivity contribution in [2.24, 2.45) is 0 Å². The van der Waals surface area contributed by atoms with Crippen LogP contribution in [0.15, 0.2) is 42.5 Å². The molecule has 2 aromatic carbocycles. The molecule has 0 aliphatic carbocycles. The summed E-state index contributed by atoms with van der Waals surface area (Å²) in [6, 6.07) is 13.9. The number of terminal acetylenes is 1. The number of carbonyl (C=O) groups excluding carboxylic acids is 1. The van der Waals surface area contributed by atoms with E-state index in [9.17, 15) is 4.79 Å². The number of fused-ring (bicyclic) bond motifs is 1. The fraction of sp³-hybridized carbons (Fsp3) is 0.280. The summed E-state index contributed by atoms with van der Waals surface area (Å²) >= 11 is 1.59. The maximum atomic E-state index is 12.9. The number of hydrogen-bond donors (Lipinski definition) is 1. The fourth-order valence-corrected chi connectivity index (χ4v) is 5.12. The predicted octanol–water partition coefficient (Wildman–Crippen LogP) is 4.67. The molecule has 0 saturated heterocycles. The van der Waals surface area contributed by atoms with Gasteiger partial charge in [0.05, 0.1) is 29.0 Å². The zero-order valence-electron chi connectivity index (χ0n) is 18.5. The number of nitrogens with zero attached hydrogens (tertiary/aromatic N) is 2. The monoisotopic (exact) mass is 447 g/mol. The third kappa shape index (κ3) is 4.06. The highest BCUT2D eigenvalue weighted by molar-refractivity contribution is 8.01. The molecule has 0 unspecified atom stereocenters. The summed E-state index contributed by atoms with van der Waals surface area (Å²) in [4.78, 5) is 12.9. The number of thioether (sulfide) groups is 1. The summed E-state index contributed by atoms with van der Waals surface area (Å²) in [5.41, 5.74) is 4.87. The second-order valence-electron chi connectivity index (χ2n) is 7.65. The molecule has 1 N–H and O–H groups in total. The molecule has 1 aliphatic heterocycles. The zero-order chi connectivity index (χ0) is 22.8. The van der Waals surface area contributed by atoms with Crippen LogP contribution < -0.4 is 14.8 Å². The van der Waals surface area contributed by atoms with E-state index in [0.717, 1.165) is 28.1 Å². The van der Waals surface area contributed by atoms with Crippen LogP contribution in [-0.4, -0.2) is 34.7 Å². The number of hydrogen-bond acceptors (Lipinski definition) is 5. The van der Waals surface area contributed by atoms with Crippen LogP contribution in [-0.2, 0) is 4.79 Å². The highest BCUT2D eigenvalue weighted by atomic mass is 32.2.